The predicted octanol–water partition coefficient (Wildman–Crippen LogP) is 7.03. The average molecular weight is 502 g/mol. The zero-order valence-electron chi connectivity index (χ0n) is 22.0. The second-order valence-corrected chi connectivity index (χ2v) is 11.0. The van der Waals surface area contributed by atoms with Crippen LogP contribution in [0.3, 0.4) is 0 Å². The summed E-state index contributed by atoms with van der Waals surface area (Å²) in [6.45, 7) is 14.4. The molecule has 1 saturated heterocycles. The highest BCUT2D eigenvalue weighted by Gasteiger charge is 2.33. The average Bonchev–Trinajstić information content (AvgIpc) is 3.29. The molecule has 6 heteroatoms. The number of hydrogen-bond acceptors (Lipinski definition) is 4. The molecular weight excluding hydrogens is 466 g/mol. The van der Waals surface area contributed by atoms with Crippen LogP contribution in [0.5, 0.6) is 0 Å². The van der Waals surface area contributed by atoms with Crippen molar-refractivity contribution in [1.82, 2.24) is 9.47 Å². The molecule has 188 valence electrons. The third kappa shape index (κ3) is 5.66. The van der Waals surface area contributed by atoms with Gasteiger partial charge in [0.2, 0.25) is 0 Å². The smallest absolute Gasteiger partial charge is 0.266 e. The van der Waals surface area contributed by atoms with E-state index in [0.717, 1.165) is 28.3 Å². The third-order valence-electron chi connectivity index (χ3n) is 6.28. The first-order valence-electron chi connectivity index (χ1n) is 12.4. The van der Waals surface area contributed by atoms with Crippen LogP contribution in [0.4, 0.5) is 5.69 Å². The van der Waals surface area contributed by atoms with Gasteiger partial charge in [-0.05, 0) is 85.5 Å². The molecule has 0 atom stereocenters. The molecule has 1 fully saturated rings. The van der Waals surface area contributed by atoms with Gasteiger partial charge in [0.15, 0.2) is 5.17 Å². The predicted molar refractivity (Wildman–Crippen MR) is 151 cm³/mol. The monoisotopic (exact) mass is 501 g/mol. The molecule has 0 radical (unpaired) electrons. The standard InChI is InChI=1S/C30H35N3O2S/c1-7-35-18-17-32-28(34)27(36-29(32)31-25-11-9-8-10-12-25)20-23-19-21(2)33(22(23)3)26-15-13-24(14-16-26)30(4,5)6/h8-16,19-20H,7,17-18H2,1-6H3/b27-20-,31-29?. The van der Waals surface area contributed by atoms with Gasteiger partial charge in [-0.2, -0.15) is 0 Å². The highest BCUT2D eigenvalue weighted by Crippen LogP contribution is 2.35. The van der Waals surface area contributed by atoms with Gasteiger partial charge in [-0.15, -0.1) is 0 Å². The molecule has 0 bridgehead atoms. The first kappa shape index (κ1) is 26.0. The number of amides is 1. The molecule has 1 aromatic heterocycles. The second-order valence-electron chi connectivity index (χ2n) is 9.95. The minimum atomic E-state index is -0.0336. The number of amidine groups is 1. The minimum Gasteiger partial charge on any atom is -0.380 e. The van der Waals surface area contributed by atoms with Crippen LogP contribution in [-0.2, 0) is 14.9 Å². The van der Waals surface area contributed by atoms with E-state index in [4.69, 9.17) is 9.73 Å². The molecule has 3 aromatic rings. The van der Waals surface area contributed by atoms with Crippen molar-refractivity contribution in [2.24, 2.45) is 4.99 Å². The van der Waals surface area contributed by atoms with E-state index < -0.39 is 0 Å². The summed E-state index contributed by atoms with van der Waals surface area (Å²) < 4.78 is 7.78. The zero-order chi connectivity index (χ0) is 25.9. The molecule has 5 nitrogen and oxygen atoms in total. The number of hydrogen-bond donors (Lipinski definition) is 0. The molecule has 2 heterocycles. The van der Waals surface area contributed by atoms with Crippen molar-refractivity contribution < 1.29 is 9.53 Å². The quantitative estimate of drug-likeness (QED) is 0.258. The van der Waals surface area contributed by atoms with Crippen molar-refractivity contribution >= 4 is 34.6 Å². The van der Waals surface area contributed by atoms with Crippen LogP contribution in [0.15, 0.2) is 70.6 Å². The molecular formula is C30H35N3O2S. The van der Waals surface area contributed by atoms with Gasteiger partial charge in [-0.3, -0.25) is 9.69 Å². The number of aromatic nitrogens is 1. The SMILES string of the molecule is CCOCCN1C(=O)/C(=C/c2cc(C)n(-c3ccc(C(C)(C)C)cc3)c2C)SC1=Nc1ccccc1. The van der Waals surface area contributed by atoms with E-state index in [-0.39, 0.29) is 11.3 Å². The molecule has 0 unspecified atom stereocenters. The van der Waals surface area contributed by atoms with Gasteiger partial charge in [0.1, 0.15) is 0 Å². The van der Waals surface area contributed by atoms with E-state index in [2.05, 4.69) is 69.5 Å². The number of ether oxygens (including phenoxy) is 1. The Labute approximate surface area is 218 Å². The number of aryl methyl sites for hydroxylation is 1. The van der Waals surface area contributed by atoms with Crippen molar-refractivity contribution in [2.45, 2.75) is 47.0 Å². The van der Waals surface area contributed by atoms with Crippen LogP contribution in [0.25, 0.3) is 11.8 Å². The van der Waals surface area contributed by atoms with Gasteiger partial charge in [-0.1, -0.05) is 51.1 Å². The Bertz CT molecular complexity index is 1280. The molecule has 4 rings (SSSR count). The normalized spacial score (nSPS) is 16.5. The molecule has 1 aliphatic rings. The second kappa shape index (κ2) is 10.9. The summed E-state index contributed by atoms with van der Waals surface area (Å²) in [6, 6.07) is 20.6. The van der Waals surface area contributed by atoms with Crippen LogP contribution >= 0.6 is 11.8 Å². The number of benzene rings is 2. The first-order chi connectivity index (χ1) is 17.2. The maximum Gasteiger partial charge on any atom is 0.266 e. The Balaban J connectivity index is 1.66. The highest BCUT2D eigenvalue weighted by atomic mass is 32.2. The van der Waals surface area contributed by atoms with Crippen molar-refractivity contribution in [1.29, 1.82) is 0 Å². The molecule has 0 saturated carbocycles. The number of rotatable bonds is 7. The Hall–Kier alpha value is -3.09. The van der Waals surface area contributed by atoms with E-state index in [1.165, 1.54) is 17.3 Å². The van der Waals surface area contributed by atoms with E-state index in [9.17, 15) is 4.79 Å². The number of aliphatic imine (C=N–C) groups is 1. The van der Waals surface area contributed by atoms with Crippen molar-refractivity contribution in [3.8, 4) is 5.69 Å². The Morgan fingerprint density at radius 2 is 1.72 bits per heavy atom. The molecule has 0 aliphatic carbocycles. The summed E-state index contributed by atoms with van der Waals surface area (Å²) in [4.78, 5) is 20.6. The highest BCUT2D eigenvalue weighted by molar-refractivity contribution is 8.18. The number of thioether (sulfide) groups is 1. The molecule has 1 aliphatic heterocycles. The van der Waals surface area contributed by atoms with Gasteiger partial charge in [0.05, 0.1) is 23.7 Å². The van der Waals surface area contributed by atoms with Crippen molar-refractivity contribution in [3.05, 3.63) is 88.1 Å². The molecule has 36 heavy (non-hydrogen) atoms. The van der Waals surface area contributed by atoms with Gasteiger partial charge in [0, 0.05) is 23.7 Å². The summed E-state index contributed by atoms with van der Waals surface area (Å²) in [5.74, 6) is -0.0336. The van der Waals surface area contributed by atoms with Gasteiger partial charge < -0.3 is 9.30 Å². The van der Waals surface area contributed by atoms with Crippen molar-refractivity contribution in [3.63, 3.8) is 0 Å². The summed E-state index contributed by atoms with van der Waals surface area (Å²) >= 11 is 1.42. The fourth-order valence-electron chi connectivity index (χ4n) is 4.28. The molecule has 0 N–H and O–H groups in total. The number of carbonyl (C=O) groups excluding carboxylic acids is 1. The topological polar surface area (TPSA) is 46.8 Å². The van der Waals surface area contributed by atoms with E-state index >= 15 is 0 Å². The fourth-order valence-corrected chi connectivity index (χ4v) is 5.30. The number of nitrogens with zero attached hydrogens (tertiary/aromatic N) is 3. The zero-order valence-corrected chi connectivity index (χ0v) is 22.9. The van der Waals surface area contributed by atoms with E-state index in [1.54, 1.807) is 4.90 Å². The fraction of sp³-hybridized carbons (Fsp3) is 0.333. The molecule has 1 amide bonds. The maximum absolute atomic E-state index is 13.4. The van der Waals surface area contributed by atoms with E-state index in [1.807, 2.05) is 43.3 Å². The lowest BCUT2D eigenvalue weighted by atomic mass is 9.87. The summed E-state index contributed by atoms with van der Waals surface area (Å²) in [5, 5.41) is 0.684. The van der Waals surface area contributed by atoms with E-state index in [0.29, 0.717) is 29.8 Å². The lowest BCUT2D eigenvalue weighted by Gasteiger charge is -2.20. The lowest BCUT2D eigenvalue weighted by Crippen LogP contribution is -2.32. The Morgan fingerprint density at radius 3 is 2.36 bits per heavy atom. The van der Waals surface area contributed by atoms with Gasteiger partial charge in [0.25, 0.3) is 5.91 Å². The third-order valence-corrected chi connectivity index (χ3v) is 7.29. The molecule has 2 aromatic carbocycles. The summed E-state index contributed by atoms with van der Waals surface area (Å²) in [7, 11) is 0. The van der Waals surface area contributed by atoms with Gasteiger partial charge >= 0.3 is 0 Å². The largest absolute Gasteiger partial charge is 0.380 e. The van der Waals surface area contributed by atoms with Gasteiger partial charge in [-0.25, -0.2) is 4.99 Å². The molecule has 0 spiro atoms. The number of carbonyl (C=O) groups is 1. The number of para-hydroxylation sites is 1. The van der Waals surface area contributed by atoms with Crippen LogP contribution < -0.4 is 0 Å². The van der Waals surface area contributed by atoms with Crippen LogP contribution in [0, 0.1) is 13.8 Å². The van der Waals surface area contributed by atoms with Crippen LogP contribution in [0.1, 0.15) is 50.2 Å². The van der Waals surface area contributed by atoms with Crippen molar-refractivity contribution in [2.75, 3.05) is 19.8 Å². The van der Waals surface area contributed by atoms with Crippen LogP contribution in [-0.4, -0.2) is 40.3 Å². The maximum atomic E-state index is 13.4. The Morgan fingerprint density at radius 1 is 1.03 bits per heavy atom. The summed E-state index contributed by atoms with van der Waals surface area (Å²) in [5.41, 5.74) is 6.64. The lowest BCUT2D eigenvalue weighted by molar-refractivity contribution is -0.122. The Kier molecular flexibility index (Phi) is 7.86. The van der Waals surface area contributed by atoms with Crippen LogP contribution in [0.2, 0.25) is 0 Å². The summed E-state index contributed by atoms with van der Waals surface area (Å²) in [6.07, 6.45) is 2.00. The minimum absolute atomic E-state index is 0.0336. The first-order valence-corrected chi connectivity index (χ1v) is 13.2.